The van der Waals surface area contributed by atoms with Crippen LogP contribution in [0.4, 0.5) is 0 Å². The van der Waals surface area contributed by atoms with E-state index in [0.717, 1.165) is 19.2 Å². The topological polar surface area (TPSA) is 92.7 Å². The fourth-order valence-electron chi connectivity index (χ4n) is 0.917. The van der Waals surface area contributed by atoms with Crippen LogP contribution in [0.15, 0.2) is 12.1 Å². The summed E-state index contributed by atoms with van der Waals surface area (Å²) in [5.41, 5.74) is -0.308. The number of benzene rings is 1. The maximum atomic E-state index is 11.1. The summed E-state index contributed by atoms with van der Waals surface area (Å²) in [6.45, 7) is 0. The minimum atomic E-state index is -4.02. The zero-order valence-electron chi connectivity index (χ0n) is 8.40. The molecular weight excluding hydrogens is 293 g/mol. The molecule has 0 fully saturated rings. The molecule has 2 N–H and O–H groups in total. The molecule has 0 radical (unpaired) electrons. The van der Waals surface area contributed by atoms with Crippen molar-refractivity contribution in [3.05, 3.63) is 27.7 Å². The average molecular weight is 300 g/mol. The molecule has 9 heteroatoms. The van der Waals surface area contributed by atoms with Crippen molar-refractivity contribution >= 4 is 39.5 Å². The van der Waals surface area contributed by atoms with Gasteiger partial charge in [-0.2, -0.15) is 13.1 Å². The predicted molar refractivity (Wildman–Crippen MR) is 62.0 cm³/mol. The number of nitrogens with one attached hydrogen (secondary N) is 1. The van der Waals surface area contributed by atoms with Gasteiger partial charge in [-0.15, -0.1) is 0 Å². The van der Waals surface area contributed by atoms with Gasteiger partial charge in [0.2, 0.25) is 0 Å². The summed E-state index contributed by atoms with van der Waals surface area (Å²) in [5.74, 6) is -1.64. The highest BCUT2D eigenvalue weighted by atomic mass is 35.5. The molecule has 0 spiro atoms. The van der Waals surface area contributed by atoms with Gasteiger partial charge in [-0.05, 0) is 12.1 Å². The summed E-state index contributed by atoms with van der Waals surface area (Å²) in [4.78, 5) is 10.8. The van der Waals surface area contributed by atoms with Crippen LogP contribution in [0.25, 0.3) is 0 Å². The normalized spacial score (nSPS) is 11.2. The largest absolute Gasteiger partial charge is 0.478 e. The van der Waals surface area contributed by atoms with Crippen LogP contribution in [0.3, 0.4) is 0 Å². The van der Waals surface area contributed by atoms with Gasteiger partial charge in [0.25, 0.3) is 0 Å². The van der Waals surface area contributed by atoms with Crippen molar-refractivity contribution in [1.29, 1.82) is 0 Å². The number of carboxylic acid groups (broad SMARTS) is 1. The summed E-state index contributed by atoms with van der Waals surface area (Å²) in [5, 5.41) is 8.56. The highest BCUT2D eigenvalue weighted by Crippen LogP contribution is 2.31. The van der Waals surface area contributed by atoms with E-state index in [-0.39, 0.29) is 21.4 Å². The van der Waals surface area contributed by atoms with Gasteiger partial charge in [0, 0.05) is 7.05 Å². The van der Waals surface area contributed by atoms with E-state index in [2.05, 4.69) is 4.18 Å². The Morgan fingerprint density at radius 1 is 1.35 bits per heavy atom. The van der Waals surface area contributed by atoms with Crippen molar-refractivity contribution in [2.75, 3.05) is 7.05 Å². The van der Waals surface area contributed by atoms with Crippen LogP contribution in [0.2, 0.25) is 10.0 Å². The molecule has 0 aliphatic heterocycles. The lowest BCUT2D eigenvalue weighted by Crippen LogP contribution is -2.24. The molecule has 94 valence electrons. The van der Waals surface area contributed by atoms with Crippen molar-refractivity contribution in [1.82, 2.24) is 4.72 Å². The van der Waals surface area contributed by atoms with Crippen LogP contribution in [-0.4, -0.2) is 26.5 Å². The van der Waals surface area contributed by atoms with Gasteiger partial charge in [0.1, 0.15) is 0 Å². The molecule has 1 aromatic rings. The van der Waals surface area contributed by atoms with E-state index in [9.17, 15) is 13.2 Å². The first kappa shape index (κ1) is 14.0. The smallest absolute Gasteiger partial charge is 0.382 e. The van der Waals surface area contributed by atoms with Gasteiger partial charge in [0.05, 0.1) is 15.6 Å². The maximum absolute atomic E-state index is 11.1. The Kier molecular flexibility index (Phi) is 4.21. The Hall–Kier alpha value is -1.02. The van der Waals surface area contributed by atoms with Gasteiger partial charge in [-0.1, -0.05) is 23.2 Å². The van der Waals surface area contributed by atoms with Crippen LogP contribution in [0, 0.1) is 0 Å². The standard InChI is InChI=1S/C8H7Cl2NO5S/c1-11-17(14,15)16-7-2-4(8(12)13)5(9)3-6(7)10/h2-3,11H,1H3,(H,12,13). The molecule has 0 bridgehead atoms. The first-order valence-corrected chi connectivity index (χ1v) is 6.28. The third-order valence-electron chi connectivity index (χ3n) is 1.70. The van der Waals surface area contributed by atoms with Gasteiger partial charge in [0.15, 0.2) is 5.75 Å². The van der Waals surface area contributed by atoms with E-state index < -0.39 is 16.3 Å². The summed E-state index contributed by atoms with van der Waals surface area (Å²) >= 11 is 11.3. The van der Waals surface area contributed by atoms with Crippen LogP contribution in [0.5, 0.6) is 5.75 Å². The van der Waals surface area contributed by atoms with E-state index in [0.29, 0.717) is 0 Å². The number of aromatic carboxylic acids is 1. The fourth-order valence-corrected chi connectivity index (χ4v) is 1.92. The van der Waals surface area contributed by atoms with Crippen LogP contribution in [-0.2, 0) is 10.3 Å². The third-order valence-corrected chi connectivity index (χ3v) is 3.21. The number of hydrogen-bond donors (Lipinski definition) is 2. The van der Waals surface area contributed by atoms with E-state index in [4.69, 9.17) is 28.3 Å². The molecule has 0 saturated heterocycles. The summed E-state index contributed by atoms with van der Waals surface area (Å²) in [6, 6.07) is 2.02. The van der Waals surface area contributed by atoms with Gasteiger partial charge in [-0.3, -0.25) is 0 Å². The molecule has 0 heterocycles. The fraction of sp³-hybridized carbons (Fsp3) is 0.125. The Morgan fingerprint density at radius 2 is 1.94 bits per heavy atom. The maximum Gasteiger partial charge on any atom is 0.382 e. The number of hydrogen-bond acceptors (Lipinski definition) is 4. The Labute approximate surface area is 107 Å². The van der Waals surface area contributed by atoms with E-state index in [1.165, 1.54) is 0 Å². The highest BCUT2D eigenvalue weighted by molar-refractivity contribution is 7.85. The molecule has 0 aromatic heterocycles. The molecule has 0 amide bonds. The van der Waals surface area contributed by atoms with Crippen molar-refractivity contribution in [2.45, 2.75) is 0 Å². The minimum absolute atomic E-state index is 0.112. The molecule has 1 aromatic carbocycles. The van der Waals surface area contributed by atoms with Crippen LogP contribution in [0.1, 0.15) is 10.4 Å². The summed E-state index contributed by atoms with van der Waals surface area (Å²) in [7, 11) is -2.88. The summed E-state index contributed by atoms with van der Waals surface area (Å²) < 4.78 is 28.7. The summed E-state index contributed by atoms with van der Waals surface area (Å²) in [6.07, 6.45) is 0. The number of carbonyl (C=O) groups is 1. The zero-order valence-corrected chi connectivity index (χ0v) is 10.7. The molecule has 1 rings (SSSR count). The van der Waals surface area contributed by atoms with Crippen molar-refractivity contribution in [2.24, 2.45) is 0 Å². The molecule has 0 saturated carbocycles. The first-order valence-electron chi connectivity index (χ1n) is 4.12. The average Bonchev–Trinajstić information content (AvgIpc) is 2.21. The second kappa shape index (κ2) is 5.09. The monoisotopic (exact) mass is 299 g/mol. The van der Waals surface area contributed by atoms with Gasteiger partial charge < -0.3 is 9.29 Å². The SMILES string of the molecule is CNS(=O)(=O)Oc1cc(C(=O)O)c(Cl)cc1Cl. The van der Waals surface area contributed by atoms with Crippen molar-refractivity contribution < 1.29 is 22.5 Å². The second-order valence-corrected chi connectivity index (χ2v) is 5.11. The predicted octanol–water partition coefficient (Wildman–Crippen LogP) is 1.53. The van der Waals surface area contributed by atoms with Crippen molar-refractivity contribution in [3.8, 4) is 5.75 Å². The number of rotatable bonds is 4. The Bertz CT molecular complexity index is 557. The lowest BCUT2D eigenvalue weighted by Gasteiger charge is -2.08. The Balaban J connectivity index is 3.26. The quantitative estimate of drug-likeness (QED) is 0.879. The van der Waals surface area contributed by atoms with E-state index in [1.54, 1.807) is 0 Å². The van der Waals surface area contributed by atoms with E-state index in [1.807, 2.05) is 4.72 Å². The molecule has 0 aliphatic carbocycles. The zero-order chi connectivity index (χ0) is 13.2. The lowest BCUT2D eigenvalue weighted by atomic mass is 10.2. The number of carboxylic acids is 1. The lowest BCUT2D eigenvalue weighted by molar-refractivity contribution is 0.0696. The minimum Gasteiger partial charge on any atom is -0.478 e. The van der Waals surface area contributed by atoms with Gasteiger partial charge >= 0.3 is 16.3 Å². The first-order chi connectivity index (χ1) is 7.76. The highest BCUT2D eigenvalue weighted by Gasteiger charge is 2.17. The van der Waals surface area contributed by atoms with Crippen LogP contribution < -0.4 is 8.91 Å². The molecule has 0 aliphatic rings. The molecule has 6 nitrogen and oxygen atoms in total. The van der Waals surface area contributed by atoms with E-state index >= 15 is 0 Å². The third kappa shape index (κ3) is 3.47. The number of halogens is 2. The molecule has 0 unspecified atom stereocenters. The van der Waals surface area contributed by atoms with Crippen LogP contribution >= 0.6 is 23.2 Å². The second-order valence-electron chi connectivity index (χ2n) is 2.81. The molecular formula is C8H7Cl2NO5S. The Morgan fingerprint density at radius 3 is 2.41 bits per heavy atom. The molecule has 0 atom stereocenters. The van der Waals surface area contributed by atoms with Crippen molar-refractivity contribution in [3.63, 3.8) is 0 Å². The van der Waals surface area contributed by atoms with Gasteiger partial charge in [-0.25, -0.2) is 4.79 Å². The molecule has 17 heavy (non-hydrogen) atoms.